The maximum Gasteiger partial charge on any atom is 0.244 e. The lowest BCUT2D eigenvalue weighted by atomic mass is 9.98. The van der Waals surface area contributed by atoms with E-state index in [-0.39, 0.29) is 11.9 Å². The second kappa shape index (κ2) is 6.94. The Kier molecular flexibility index (Phi) is 5.23. The molecule has 0 saturated heterocycles. The highest BCUT2D eigenvalue weighted by atomic mass is 16.2. The molecular weight excluding hydrogens is 262 g/mol. The molecule has 1 aromatic rings. The number of rotatable bonds is 6. The molecule has 4 nitrogen and oxygen atoms in total. The van der Waals surface area contributed by atoms with Gasteiger partial charge in [0.15, 0.2) is 0 Å². The monoisotopic (exact) mass is 289 g/mol. The molecule has 1 aliphatic heterocycles. The van der Waals surface area contributed by atoms with Crippen LogP contribution in [0.15, 0.2) is 24.3 Å². The van der Waals surface area contributed by atoms with Gasteiger partial charge in [-0.05, 0) is 45.4 Å². The number of nitrogens with zero attached hydrogens (tertiary/aromatic N) is 2. The first-order chi connectivity index (χ1) is 10.1. The fraction of sp³-hybridized carbons (Fsp3) is 0.588. The molecule has 0 radical (unpaired) electrons. The first kappa shape index (κ1) is 15.8. The van der Waals surface area contributed by atoms with E-state index in [2.05, 4.69) is 23.1 Å². The molecule has 1 aromatic carbocycles. The summed E-state index contributed by atoms with van der Waals surface area (Å²) >= 11 is 0. The van der Waals surface area contributed by atoms with Gasteiger partial charge >= 0.3 is 0 Å². The number of likely N-dealkylation sites (N-methyl/N-ethyl adjacent to an activating group) is 1. The van der Waals surface area contributed by atoms with Gasteiger partial charge in [0.2, 0.25) is 5.91 Å². The molecular formula is C17H27N3O. The number of carbonyl (C=O) groups excluding carboxylic acids is 1. The summed E-state index contributed by atoms with van der Waals surface area (Å²) in [6.45, 7) is 9.19. The van der Waals surface area contributed by atoms with E-state index in [1.54, 1.807) is 0 Å². The minimum atomic E-state index is -0.117. The van der Waals surface area contributed by atoms with Crippen LogP contribution in [0.2, 0.25) is 0 Å². The molecule has 1 aliphatic rings. The first-order valence-electron chi connectivity index (χ1n) is 7.98. The molecule has 0 saturated carbocycles. The third-order valence-electron chi connectivity index (χ3n) is 4.52. The van der Waals surface area contributed by atoms with Crippen molar-refractivity contribution in [1.29, 1.82) is 0 Å². The van der Waals surface area contributed by atoms with Crippen molar-refractivity contribution in [2.75, 3.05) is 31.1 Å². The van der Waals surface area contributed by atoms with Gasteiger partial charge in [-0.15, -0.1) is 0 Å². The van der Waals surface area contributed by atoms with Crippen LogP contribution in [0.5, 0.6) is 0 Å². The van der Waals surface area contributed by atoms with Crippen LogP contribution in [-0.2, 0) is 4.79 Å². The van der Waals surface area contributed by atoms with Gasteiger partial charge in [-0.3, -0.25) is 4.79 Å². The van der Waals surface area contributed by atoms with E-state index in [4.69, 9.17) is 5.73 Å². The molecule has 0 spiro atoms. The molecule has 2 atom stereocenters. The van der Waals surface area contributed by atoms with E-state index in [1.807, 2.05) is 31.7 Å². The van der Waals surface area contributed by atoms with E-state index in [1.165, 1.54) is 11.3 Å². The molecule has 1 heterocycles. The maximum atomic E-state index is 12.6. The number of benzene rings is 1. The number of hydrogen-bond donors (Lipinski definition) is 1. The molecule has 2 rings (SSSR count). The number of nitrogens with two attached hydrogens (primary N) is 1. The van der Waals surface area contributed by atoms with Gasteiger partial charge in [0, 0.05) is 31.2 Å². The van der Waals surface area contributed by atoms with Crippen molar-refractivity contribution in [3.05, 3.63) is 29.8 Å². The average Bonchev–Trinajstić information content (AvgIpc) is 2.87. The van der Waals surface area contributed by atoms with Crippen LogP contribution < -0.4 is 10.6 Å². The maximum absolute atomic E-state index is 12.6. The number of carbonyl (C=O) groups is 1. The second-order valence-corrected chi connectivity index (χ2v) is 5.67. The van der Waals surface area contributed by atoms with Crippen molar-refractivity contribution in [2.24, 2.45) is 5.73 Å². The molecule has 4 heteroatoms. The summed E-state index contributed by atoms with van der Waals surface area (Å²) in [5.74, 6) is 0.654. The van der Waals surface area contributed by atoms with Crippen molar-refractivity contribution in [3.8, 4) is 0 Å². The van der Waals surface area contributed by atoms with E-state index < -0.39 is 0 Å². The smallest absolute Gasteiger partial charge is 0.244 e. The van der Waals surface area contributed by atoms with Crippen molar-refractivity contribution < 1.29 is 4.79 Å². The predicted octanol–water partition coefficient (Wildman–Crippen LogP) is 2.20. The van der Waals surface area contributed by atoms with Gasteiger partial charge in [-0.25, -0.2) is 0 Å². The van der Waals surface area contributed by atoms with Crippen LogP contribution in [-0.4, -0.2) is 43.0 Å². The van der Waals surface area contributed by atoms with Crippen molar-refractivity contribution in [1.82, 2.24) is 4.90 Å². The zero-order chi connectivity index (χ0) is 15.4. The molecule has 116 valence electrons. The lowest BCUT2D eigenvalue weighted by Gasteiger charge is -2.31. The summed E-state index contributed by atoms with van der Waals surface area (Å²) in [5.41, 5.74) is 8.28. The minimum absolute atomic E-state index is 0.117. The SMILES string of the molecule is CCN(CC)C(=O)C(C)N1CC(CCN)c2ccccc21. The summed E-state index contributed by atoms with van der Waals surface area (Å²) in [6, 6.07) is 8.30. The van der Waals surface area contributed by atoms with Crippen LogP contribution in [0.4, 0.5) is 5.69 Å². The van der Waals surface area contributed by atoms with Gasteiger partial charge in [0.25, 0.3) is 0 Å². The van der Waals surface area contributed by atoms with Crippen LogP contribution >= 0.6 is 0 Å². The molecule has 0 bridgehead atoms. The van der Waals surface area contributed by atoms with E-state index in [0.29, 0.717) is 12.5 Å². The Balaban J connectivity index is 2.23. The highest BCUT2D eigenvalue weighted by Crippen LogP contribution is 2.38. The number of hydrogen-bond acceptors (Lipinski definition) is 3. The van der Waals surface area contributed by atoms with E-state index >= 15 is 0 Å². The van der Waals surface area contributed by atoms with Gasteiger partial charge in [-0.1, -0.05) is 18.2 Å². The fourth-order valence-corrected chi connectivity index (χ4v) is 3.28. The average molecular weight is 289 g/mol. The third-order valence-corrected chi connectivity index (χ3v) is 4.52. The molecule has 0 fully saturated rings. The Morgan fingerprint density at radius 3 is 2.67 bits per heavy atom. The van der Waals surface area contributed by atoms with Gasteiger partial charge in [0.05, 0.1) is 0 Å². The summed E-state index contributed by atoms with van der Waals surface area (Å²) < 4.78 is 0. The zero-order valence-corrected chi connectivity index (χ0v) is 13.4. The Labute approximate surface area is 127 Å². The van der Waals surface area contributed by atoms with Crippen LogP contribution in [0.3, 0.4) is 0 Å². The Morgan fingerprint density at radius 2 is 2.05 bits per heavy atom. The molecule has 0 aromatic heterocycles. The Hall–Kier alpha value is -1.55. The van der Waals surface area contributed by atoms with Gasteiger partial charge in [0.1, 0.15) is 6.04 Å². The van der Waals surface area contributed by atoms with Crippen molar-refractivity contribution >= 4 is 11.6 Å². The summed E-state index contributed by atoms with van der Waals surface area (Å²) in [6.07, 6.45) is 0.972. The first-order valence-corrected chi connectivity index (χ1v) is 7.98. The summed E-state index contributed by atoms with van der Waals surface area (Å²) in [7, 11) is 0. The second-order valence-electron chi connectivity index (χ2n) is 5.67. The predicted molar refractivity (Wildman–Crippen MR) is 87.6 cm³/mol. The third kappa shape index (κ3) is 3.05. The van der Waals surface area contributed by atoms with E-state index in [9.17, 15) is 4.79 Å². The lowest BCUT2D eigenvalue weighted by molar-refractivity contribution is -0.131. The molecule has 2 N–H and O–H groups in total. The van der Waals surface area contributed by atoms with Gasteiger partial charge < -0.3 is 15.5 Å². The summed E-state index contributed by atoms with van der Waals surface area (Å²) in [5, 5.41) is 0. The van der Waals surface area contributed by atoms with Gasteiger partial charge in [-0.2, -0.15) is 0 Å². The highest BCUT2D eigenvalue weighted by Gasteiger charge is 2.34. The Bertz CT molecular complexity index is 485. The lowest BCUT2D eigenvalue weighted by Crippen LogP contribution is -2.47. The minimum Gasteiger partial charge on any atom is -0.359 e. The highest BCUT2D eigenvalue weighted by molar-refractivity contribution is 5.86. The van der Waals surface area contributed by atoms with Crippen LogP contribution in [0, 0.1) is 0 Å². The van der Waals surface area contributed by atoms with Crippen LogP contribution in [0.25, 0.3) is 0 Å². The topological polar surface area (TPSA) is 49.6 Å². The van der Waals surface area contributed by atoms with Crippen LogP contribution in [0.1, 0.15) is 38.7 Å². The quantitative estimate of drug-likeness (QED) is 0.873. The molecule has 1 amide bonds. The summed E-state index contributed by atoms with van der Waals surface area (Å²) in [4.78, 5) is 16.8. The number of fused-ring (bicyclic) bond motifs is 1. The standard InChI is InChI=1S/C17H27N3O/c1-4-19(5-2)17(21)13(3)20-12-14(10-11-18)15-8-6-7-9-16(15)20/h6-9,13-14H,4-5,10-12,18H2,1-3H3. The zero-order valence-electron chi connectivity index (χ0n) is 13.4. The Morgan fingerprint density at radius 1 is 1.38 bits per heavy atom. The largest absolute Gasteiger partial charge is 0.359 e. The number of para-hydroxylation sites is 1. The van der Waals surface area contributed by atoms with E-state index in [0.717, 1.165) is 26.1 Å². The fourth-order valence-electron chi connectivity index (χ4n) is 3.28. The van der Waals surface area contributed by atoms with Crippen molar-refractivity contribution in [2.45, 2.75) is 39.2 Å². The normalized spacial score (nSPS) is 18.5. The molecule has 2 unspecified atom stereocenters. The number of anilines is 1. The number of amides is 1. The molecule has 21 heavy (non-hydrogen) atoms. The van der Waals surface area contributed by atoms with Crippen molar-refractivity contribution in [3.63, 3.8) is 0 Å². The molecule has 0 aliphatic carbocycles.